The van der Waals surface area contributed by atoms with E-state index in [1.165, 1.54) is 31.5 Å². The van der Waals surface area contributed by atoms with Crippen LogP contribution in [0.2, 0.25) is 0 Å². The summed E-state index contributed by atoms with van der Waals surface area (Å²) in [5.74, 6) is 1.88. The van der Waals surface area contributed by atoms with Gasteiger partial charge in [-0.05, 0) is 91.4 Å². The van der Waals surface area contributed by atoms with Crippen LogP contribution >= 0.6 is 15.9 Å². The van der Waals surface area contributed by atoms with Crippen LogP contribution < -0.4 is 10.1 Å². The second-order valence-corrected chi connectivity index (χ2v) is 7.64. The lowest BCUT2D eigenvalue weighted by atomic mass is 9.99. The van der Waals surface area contributed by atoms with E-state index in [4.69, 9.17) is 4.74 Å². The van der Waals surface area contributed by atoms with Crippen molar-refractivity contribution >= 4 is 15.9 Å². The third-order valence-corrected chi connectivity index (χ3v) is 5.48. The molecule has 122 valence electrons. The molecule has 4 heteroatoms. The van der Waals surface area contributed by atoms with Crippen LogP contribution in [0.4, 0.5) is 0 Å². The first-order valence-electron chi connectivity index (χ1n) is 8.59. The number of ether oxygens (including phenoxy) is 1. The Labute approximate surface area is 142 Å². The molecule has 0 amide bonds. The maximum absolute atomic E-state index is 6.14. The Balaban J connectivity index is 1.57. The molecule has 2 saturated heterocycles. The maximum atomic E-state index is 6.14. The molecule has 2 fully saturated rings. The maximum Gasteiger partial charge on any atom is 0.133 e. The molecule has 22 heavy (non-hydrogen) atoms. The van der Waals surface area contributed by atoms with Gasteiger partial charge in [0, 0.05) is 6.54 Å². The van der Waals surface area contributed by atoms with E-state index in [2.05, 4.69) is 51.3 Å². The minimum absolute atomic E-state index is 0.354. The van der Waals surface area contributed by atoms with Crippen molar-refractivity contribution in [3.63, 3.8) is 0 Å². The zero-order valence-corrected chi connectivity index (χ0v) is 15.1. The Morgan fingerprint density at radius 3 is 2.59 bits per heavy atom. The van der Waals surface area contributed by atoms with E-state index in [9.17, 15) is 0 Å². The second-order valence-electron chi connectivity index (χ2n) is 6.79. The number of nitrogens with zero attached hydrogens (tertiary/aromatic N) is 1. The summed E-state index contributed by atoms with van der Waals surface area (Å²) in [4.78, 5) is 2.56. The molecule has 0 radical (unpaired) electrons. The van der Waals surface area contributed by atoms with E-state index in [0.717, 1.165) is 48.6 Å². The number of benzene rings is 1. The molecule has 2 heterocycles. The summed E-state index contributed by atoms with van der Waals surface area (Å²) >= 11 is 3.69. The molecule has 0 atom stereocenters. The van der Waals surface area contributed by atoms with Gasteiger partial charge in [-0.1, -0.05) is 13.0 Å². The molecular weight excluding hydrogens is 340 g/mol. The zero-order chi connectivity index (χ0) is 15.4. The number of hydrogen-bond acceptors (Lipinski definition) is 3. The summed E-state index contributed by atoms with van der Waals surface area (Å²) in [6.45, 7) is 8.00. The highest BCUT2D eigenvalue weighted by atomic mass is 79.9. The normalized spacial score (nSPS) is 21.9. The van der Waals surface area contributed by atoms with Crippen LogP contribution in [0.15, 0.2) is 22.7 Å². The van der Waals surface area contributed by atoms with Crippen molar-refractivity contribution in [2.75, 3.05) is 26.2 Å². The molecule has 0 aromatic heterocycles. The standard InChI is InChI=1S/C18H27BrN2O/c1-14-6-10-21(11-7-14)13-15-2-3-18(17(19)12-15)22-16-4-8-20-9-5-16/h2-3,12,14,16,20H,4-11,13H2,1H3. The predicted molar refractivity (Wildman–Crippen MR) is 94.3 cm³/mol. The first-order valence-corrected chi connectivity index (χ1v) is 9.38. The highest BCUT2D eigenvalue weighted by molar-refractivity contribution is 9.10. The third kappa shape index (κ3) is 4.46. The number of nitrogens with one attached hydrogen (secondary N) is 1. The van der Waals surface area contributed by atoms with E-state index in [-0.39, 0.29) is 0 Å². The fraction of sp³-hybridized carbons (Fsp3) is 0.667. The fourth-order valence-corrected chi connectivity index (χ4v) is 3.83. The molecule has 3 rings (SSSR count). The van der Waals surface area contributed by atoms with Crippen LogP contribution in [0.3, 0.4) is 0 Å². The van der Waals surface area contributed by atoms with Gasteiger partial charge in [-0.2, -0.15) is 0 Å². The van der Waals surface area contributed by atoms with Crippen molar-refractivity contribution in [2.45, 2.75) is 45.3 Å². The first kappa shape index (κ1) is 16.3. The Morgan fingerprint density at radius 2 is 1.91 bits per heavy atom. The van der Waals surface area contributed by atoms with Gasteiger partial charge in [-0.15, -0.1) is 0 Å². The molecule has 0 saturated carbocycles. The molecule has 0 aliphatic carbocycles. The van der Waals surface area contributed by atoms with E-state index < -0.39 is 0 Å². The molecule has 1 N–H and O–H groups in total. The number of rotatable bonds is 4. The first-order chi connectivity index (χ1) is 10.7. The number of piperidine rings is 2. The Hall–Kier alpha value is -0.580. The summed E-state index contributed by atoms with van der Waals surface area (Å²) in [5, 5.41) is 3.38. The molecule has 1 aromatic rings. The average Bonchev–Trinajstić information content (AvgIpc) is 2.53. The molecule has 3 nitrogen and oxygen atoms in total. The molecule has 2 aliphatic rings. The summed E-state index contributed by atoms with van der Waals surface area (Å²) < 4.78 is 7.24. The highest BCUT2D eigenvalue weighted by Crippen LogP contribution is 2.29. The topological polar surface area (TPSA) is 24.5 Å². The van der Waals surface area contributed by atoms with E-state index in [1.807, 2.05) is 0 Å². The van der Waals surface area contributed by atoms with Gasteiger partial charge in [0.15, 0.2) is 0 Å². The minimum atomic E-state index is 0.354. The Kier molecular flexibility index (Phi) is 5.77. The smallest absolute Gasteiger partial charge is 0.133 e. The van der Waals surface area contributed by atoms with Gasteiger partial charge in [0.1, 0.15) is 11.9 Å². The van der Waals surface area contributed by atoms with Crippen molar-refractivity contribution < 1.29 is 4.74 Å². The summed E-state index contributed by atoms with van der Waals surface area (Å²) in [5.41, 5.74) is 1.37. The molecule has 2 aliphatic heterocycles. The lowest BCUT2D eigenvalue weighted by molar-refractivity contribution is 0.161. The van der Waals surface area contributed by atoms with E-state index in [1.54, 1.807) is 0 Å². The van der Waals surface area contributed by atoms with E-state index >= 15 is 0 Å². The molecular formula is C18H27BrN2O. The number of halogens is 1. The van der Waals surface area contributed by atoms with Crippen molar-refractivity contribution in [2.24, 2.45) is 5.92 Å². The summed E-state index contributed by atoms with van der Waals surface area (Å²) in [6.07, 6.45) is 5.21. The van der Waals surface area contributed by atoms with Crippen molar-refractivity contribution in [3.8, 4) is 5.75 Å². The molecule has 0 bridgehead atoms. The number of likely N-dealkylation sites (tertiary alicyclic amines) is 1. The molecule has 0 unspecified atom stereocenters. The average molecular weight is 367 g/mol. The molecule has 1 aromatic carbocycles. The lowest BCUT2D eigenvalue weighted by Gasteiger charge is -2.30. The van der Waals surface area contributed by atoms with Crippen molar-refractivity contribution in [1.82, 2.24) is 10.2 Å². The van der Waals surface area contributed by atoms with Gasteiger partial charge in [0.05, 0.1) is 4.47 Å². The minimum Gasteiger partial charge on any atom is -0.489 e. The zero-order valence-electron chi connectivity index (χ0n) is 13.5. The summed E-state index contributed by atoms with van der Waals surface area (Å²) in [6, 6.07) is 6.58. The van der Waals surface area contributed by atoms with Crippen LogP contribution in [0, 0.1) is 5.92 Å². The van der Waals surface area contributed by atoms with Crippen LogP contribution in [0.25, 0.3) is 0 Å². The van der Waals surface area contributed by atoms with Gasteiger partial charge < -0.3 is 10.1 Å². The van der Waals surface area contributed by atoms with E-state index in [0.29, 0.717) is 6.10 Å². The third-order valence-electron chi connectivity index (χ3n) is 4.86. The van der Waals surface area contributed by atoms with Gasteiger partial charge in [0.25, 0.3) is 0 Å². The summed E-state index contributed by atoms with van der Waals surface area (Å²) in [7, 11) is 0. The fourth-order valence-electron chi connectivity index (χ4n) is 3.31. The lowest BCUT2D eigenvalue weighted by Crippen LogP contribution is -2.34. The Bertz CT molecular complexity index is 480. The van der Waals surface area contributed by atoms with Gasteiger partial charge in [0.2, 0.25) is 0 Å². The monoisotopic (exact) mass is 366 g/mol. The SMILES string of the molecule is CC1CCN(Cc2ccc(OC3CCNCC3)c(Br)c2)CC1. The van der Waals surface area contributed by atoms with Gasteiger partial charge in [-0.3, -0.25) is 4.90 Å². The van der Waals surface area contributed by atoms with Crippen molar-refractivity contribution in [1.29, 1.82) is 0 Å². The van der Waals surface area contributed by atoms with Gasteiger partial charge in [-0.25, -0.2) is 0 Å². The Morgan fingerprint density at radius 1 is 1.18 bits per heavy atom. The number of hydrogen-bond donors (Lipinski definition) is 1. The quantitative estimate of drug-likeness (QED) is 0.876. The van der Waals surface area contributed by atoms with Gasteiger partial charge >= 0.3 is 0 Å². The largest absolute Gasteiger partial charge is 0.489 e. The molecule has 0 spiro atoms. The van der Waals surface area contributed by atoms with Crippen LogP contribution in [-0.2, 0) is 6.54 Å². The highest BCUT2D eigenvalue weighted by Gasteiger charge is 2.18. The van der Waals surface area contributed by atoms with Crippen molar-refractivity contribution in [3.05, 3.63) is 28.2 Å². The van der Waals surface area contributed by atoms with Crippen LogP contribution in [0.1, 0.15) is 38.2 Å². The second kappa shape index (κ2) is 7.80. The van der Waals surface area contributed by atoms with Crippen LogP contribution in [-0.4, -0.2) is 37.2 Å². The van der Waals surface area contributed by atoms with Crippen LogP contribution in [0.5, 0.6) is 5.75 Å². The predicted octanol–water partition coefficient (Wildman–Crippen LogP) is 3.81.